The number of nitrogens with zero attached hydrogens (tertiary/aromatic N) is 5. The van der Waals surface area contributed by atoms with E-state index in [2.05, 4.69) is 210 Å². The van der Waals surface area contributed by atoms with Gasteiger partial charge >= 0.3 is 0 Å². The van der Waals surface area contributed by atoms with Gasteiger partial charge in [0.2, 0.25) is 0 Å². The number of para-hydroxylation sites is 3. The van der Waals surface area contributed by atoms with E-state index >= 15 is 0 Å². The first-order valence-corrected chi connectivity index (χ1v) is 24.3. The molecule has 0 radical (unpaired) electrons. The van der Waals surface area contributed by atoms with Crippen LogP contribution in [0.4, 0.5) is 11.4 Å². The van der Waals surface area contributed by atoms with Gasteiger partial charge in [-0.2, -0.15) is 0 Å². The van der Waals surface area contributed by atoms with Gasteiger partial charge in [0.25, 0.3) is 0 Å². The highest BCUT2D eigenvalue weighted by atomic mass is 32.1. The summed E-state index contributed by atoms with van der Waals surface area (Å²) in [6.45, 7) is 0. The van der Waals surface area contributed by atoms with E-state index in [-0.39, 0.29) is 12.0 Å². The minimum absolute atomic E-state index is 0.180. The van der Waals surface area contributed by atoms with Gasteiger partial charge in [0.05, 0.1) is 22.8 Å². The topological polar surface area (TPSA) is 46.8 Å². The van der Waals surface area contributed by atoms with E-state index in [1.165, 1.54) is 53.8 Å². The van der Waals surface area contributed by atoms with Gasteiger partial charge in [-0.1, -0.05) is 194 Å². The number of anilines is 2. The van der Waals surface area contributed by atoms with Crippen LogP contribution in [0.15, 0.2) is 231 Å². The lowest BCUT2D eigenvalue weighted by atomic mass is 9.86. The smallest absolute Gasteiger partial charge is 0.164 e. The lowest BCUT2D eigenvalue weighted by molar-refractivity contribution is 0.737. The molecular formula is C63H41N5S. The summed E-state index contributed by atoms with van der Waals surface area (Å²) in [6.07, 6.45) is 4.84. The molecule has 0 saturated heterocycles. The second-order valence-corrected chi connectivity index (χ2v) is 18.9. The van der Waals surface area contributed by atoms with Crippen LogP contribution < -0.4 is 4.90 Å². The molecule has 5 nitrogen and oxygen atoms in total. The van der Waals surface area contributed by atoms with Gasteiger partial charge in [-0.3, -0.25) is 0 Å². The molecule has 0 fully saturated rings. The van der Waals surface area contributed by atoms with Crippen LogP contribution in [0.3, 0.4) is 0 Å². The molecule has 2 aliphatic rings. The molecule has 2 atom stereocenters. The Balaban J connectivity index is 1.03. The highest BCUT2D eigenvalue weighted by Gasteiger charge is 2.42. The SMILES string of the molecule is C1=CC2C(c3ccccc3N2c2ccccc2)c2sc3c(ccc4c3c3ccccc3n4-c3c(-c4ccccc4)cc(-c4nc(-c5ccccc5)nc(-c5ccccc5)n4)cc3-c3ccccc3)c21. The zero-order valence-electron chi connectivity index (χ0n) is 37.3. The molecule has 0 N–H and O–H groups in total. The first-order valence-electron chi connectivity index (χ1n) is 23.5. The summed E-state index contributed by atoms with van der Waals surface area (Å²) in [5.41, 5.74) is 15.8. The molecule has 12 aromatic rings. The fourth-order valence-corrected chi connectivity index (χ4v) is 12.5. The Morgan fingerprint density at radius 2 is 0.957 bits per heavy atom. The summed E-state index contributed by atoms with van der Waals surface area (Å²) in [6, 6.07) is 80.3. The predicted molar refractivity (Wildman–Crippen MR) is 286 cm³/mol. The van der Waals surface area contributed by atoms with E-state index in [9.17, 15) is 0 Å². The van der Waals surface area contributed by atoms with Crippen LogP contribution in [0.2, 0.25) is 0 Å². The zero-order valence-corrected chi connectivity index (χ0v) is 38.1. The van der Waals surface area contributed by atoms with Crippen LogP contribution in [0.25, 0.3) is 100 Å². The van der Waals surface area contributed by atoms with Crippen molar-refractivity contribution >= 4 is 60.7 Å². The molecule has 3 aromatic heterocycles. The Morgan fingerprint density at radius 3 is 1.58 bits per heavy atom. The average Bonchev–Trinajstić information content (AvgIpc) is 4.09. The summed E-state index contributed by atoms with van der Waals surface area (Å²) in [5, 5.41) is 3.81. The van der Waals surface area contributed by atoms with Crippen molar-refractivity contribution in [1.82, 2.24) is 19.5 Å². The molecule has 69 heavy (non-hydrogen) atoms. The molecule has 0 saturated carbocycles. The second kappa shape index (κ2) is 16.0. The minimum Gasteiger partial charge on any atom is -0.333 e. The van der Waals surface area contributed by atoms with E-state index in [1.54, 1.807) is 0 Å². The average molecular weight is 900 g/mol. The van der Waals surface area contributed by atoms with Crippen LogP contribution in [-0.2, 0) is 0 Å². The van der Waals surface area contributed by atoms with Crippen LogP contribution in [-0.4, -0.2) is 25.6 Å². The largest absolute Gasteiger partial charge is 0.333 e. The summed E-state index contributed by atoms with van der Waals surface area (Å²) in [5.74, 6) is 2.09. The van der Waals surface area contributed by atoms with Gasteiger partial charge in [0, 0.05) is 70.8 Å². The number of rotatable bonds is 7. The Hall–Kier alpha value is -8.71. The number of hydrogen-bond acceptors (Lipinski definition) is 5. The quantitative estimate of drug-likeness (QED) is 0.160. The molecule has 1 aliphatic carbocycles. The third-order valence-electron chi connectivity index (χ3n) is 14.0. The van der Waals surface area contributed by atoms with Crippen molar-refractivity contribution in [2.45, 2.75) is 12.0 Å². The van der Waals surface area contributed by atoms with Gasteiger partial charge in [-0.15, -0.1) is 11.3 Å². The summed E-state index contributed by atoms with van der Waals surface area (Å²) < 4.78 is 3.84. The fraction of sp³-hybridized carbons (Fsp3) is 0.0317. The van der Waals surface area contributed by atoms with Crippen LogP contribution in [0.5, 0.6) is 0 Å². The van der Waals surface area contributed by atoms with Gasteiger partial charge in [-0.05, 0) is 64.7 Å². The standard InChI is InChI=1S/C63H41N5S/c1-6-20-40(21-7-1)50-38-44(63-65-61(42-24-10-3-11-25-42)64-62(66-63)43-26-12-4-13-27-43)39-51(41-22-8-2-9-23-41)58(50)68-53-33-19-17-31-49(53)57-55(68)37-35-47-46-34-36-54-56(59(46)69-60(47)57)48-30-16-18-32-52(48)67(54)45-28-14-5-15-29-45/h1-39,54,56H. The molecule has 0 bridgehead atoms. The molecule has 9 aromatic carbocycles. The molecule has 0 spiro atoms. The second-order valence-electron chi connectivity index (χ2n) is 17.9. The van der Waals surface area contributed by atoms with Crippen molar-refractivity contribution < 1.29 is 0 Å². The number of hydrogen-bond donors (Lipinski definition) is 0. The number of benzene rings is 9. The van der Waals surface area contributed by atoms with E-state index < -0.39 is 0 Å². The molecular weight excluding hydrogens is 859 g/mol. The number of fused-ring (bicyclic) bond motifs is 11. The number of aromatic nitrogens is 4. The van der Waals surface area contributed by atoms with Crippen molar-refractivity contribution in [3.05, 3.63) is 247 Å². The summed E-state index contributed by atoms with van der Waals surface area (Å²) >= 11 is 1.98. The Kier molecular flexibility index (Phi) is 9.14. The van der Waals surface area contributed by atoms with Gasteiger partial charge in [0.1, 0.15) is 0 Å². The minimum atomic E-state index is 0.180. The predicted octanol–water partition coefficient (Wildman–Crippen LogP) is 16.2. The van der Waals surface area contributed by atoms with E-state index in [1.807, 2.05) is 47.7 Å². The van der Waals surface area contributed by atoms with Crippen molar-refractivity contribution in [2.24, 2.45) is 0 Å². The maximum Gasteiger partial charge on any atom is 0.164 e. The van der Waals surface area contributed by atoms with Crippen molar-refractivity contribution in [2.75, 3.05) is 4.90 Å². The lowest BCUT2D eigenvalue weighted by Crippen LogP contribution is -2.29. The Morgan fingerprint density at radius 1 is 0.435 bits per heavy atom. The van der Waals surface area contributed by atoms with Crippen LogP contribution in [0, 0.1) is 0 Å². The van der Waals surface area contributed by atoms with Crippen LogP contribution in [0.1, 0.15) is 21.9 Å². The zero-order chi connectivity index (χ0) is 45.4. The maximum atomic E-state index is 5.25. The molecule has 14 rings (SSSR count). The first kappa shape index (κ1) is 39.5. The lowest BCUT2D eigenvalue weighted by Gasteiger charge is -2.30. The third-order valence-corrected chi connectivity index (χ3v) is 15.3. The molecule has 6 heteroatoms. The van der Waals surface area contributed by atoms with Gasteiger partial charge in [-0.25, -0.2) is 15.0 Å². The molecule has 1 aliphatic heterocycles. The molecule has 324 valence electrons. The first-order chi connectivity index (χ1) is 34.2. The summed E-state index contributed by atoms with van der Waals surface area (Å²) in [4.78, 5) is 19.5. The molecule has 2 unspecified atom stereocenters. The highest BCUT2D eigenvalue weighted by Crippen LogP contribution is 2.56. The van der Waals surface area contributed by atoms with Gasteiger partial charge in [0.15, 0.2) is 17.5 Å². The highest BCUT2D eigenvalue weighted by molar-refractivity contribution is 7.20. The van der Waals surface area contributed by atoms with Crippen LogP contribution >= 0.6 is 11.3 Å². The summed E-state index contributed by atoms with van der Waals surface area (Å²) in [7, 11) is 0. The van der Waals surface area contributed by atoms with Crippen molar-refractivity contribution in [3.63, 3.8) is 0 Å². The fourth-order valence-electron chi connectivity index (χ4n) is 11.0. The van der Waals surface area contributed by atoms with E-state index in [4.69, 9.17) is 15.0 Å². The molecule has 0 amide bonds. The Labute approximate surface area is 403 Å². The third kappa shape index (κ3) is 6.33. The number of thiophene rings is 1. The maximum absolute atomic E-state index is 5.25. The van der Waals surface area contributed by atoms with Gasteiger partial charge < -0.3 is 9.47 Å². The Bertz CT molecular complexity index is 3840. The van der Waals surface area contributed by atoms with Crippen molar-refractivity contribution in [3.8, 4) is 62.1 Å². The van der Waals surface area contributed by atoms with Crippen molar-refractivity contribution in [1.29, 1.82) is 0 Å². The van der Waals surface area contributed by atoms with E-state index in [0.717, 1.165) is 50.1 Å². The van der Waals surface area contributed by atoms with E-state index in [0.29, 0.717) is 17.5 Å². The monoisotopic (exact) mass is 899 g/mol. The normalized spacial score (nSPS) is 14.9. The molecule has 4 heterocycles.